The Morgan fingerprint density at radius 3 is 2.20 bits per heavy atom. The topological polar surface area (TPSA) is 12.0 Å². The zero-order valence-electron chi connectivity index (χ0n) is 12.6. The molecule has 106 valence electrons. The molecule has 0 unspecified atom stereocenters. The molecule has 2 aromatic carbocycles. The molecule has 1 N–H and O–H groups in total. The molecule has 0 fully saturated rings. The van der Waals surface area contributed by atoms with Crippen LogP contribution >= 0.6 is 11.6 Å². The number of nitrogens with one attached hydrogen (secondary N) is 1. The van der Waals surface area contributed by atoms with Gasteiger partial charge >= 0.3 is 0 Å². The highest BCUT2D eigenvalue weighted by atomic mass is 35.5. The predicted molar refractivity (Wildman–Crippen MR) is 88.3 cm³/mol. The third-order valence-corrected chi connectivity index (χ3v) is 3.88. The van der Waals surface area contributed by atoms with Crippen LogP contribution in [0, 0.1) is 13.8 Å². The van der Waals surface area contributed by atoms with Gasteiger partial charge in [0.2, 0.25) is 0 Å². The summed E-state index contributed by atoms with van der Waals surface area (Å²) in [5.41, 5.74) is 6.08. The van der Waals surface area contributed by atoms with E-state index in [1.807, 2.05) is 6.07 Å². The smallest absolute Gasteiger partial charge is 0.0487 e. The molecule has 20 heavy (non-hydrogen) atoms. The number of rotatable bonds is 4. The second-order valence-corrected chi connectivity index (χ2v) is 6.06. The highest BCUT2D eigenvalue weighted by Gasteiger charge is 2.06. The summed E-state index contributed by atoms with van der Waals surface area (Å²) < 4.78 is 0. The Bertz CT molecular complexity index is 585. The monoisotopic (exact) mass is 287 g/mol. The Kier molecular flexibility index (Phi) is 4.85. The highest BCUT2D eigenvalue weighted by molar-refractivity contribution is 6.33. The van der Waals surface area contributed by atoms with E-state index in [1.165, 1.54) is 22.3 Å². The van der Waals surface area contributed by atoms with Crippen LogP contribution in [0.3, 0.4) is 0 Å². The van der Waals surface area contributed by atoms with Crippen molar-refractivity contribution in [3.05, 3.63) is 58.1 Å². The molecule has 0 amide bonds. The van der Waals surface area contributed by atoms with Gasteiger partial charge in [-0.3, -0.25) is 0 Å². The van der Waals surface area contributed by atoms with Crippen molar-refractivity contribution in [2.24, 2.45) is 0 Å². The molecule has 0 aliphatic carbocycles. The summed E-state index contributed by atoms with van der Waals surface area (Å²) >= 11 is 6.37. The van der Waals surface area contributed by atoms with Gasteiger partial charge in [-0.05, 0) is 48.2 Å². The van der Waals surface area contributed by atoms with Crippen LogP contribution < -0.4 is 5.32 Å². The maximum Gasteiger partial charge on any atom is 0.0487 e. The predicted octanol–water partition coefficient (Wildman–Crippen LogP) is 5.12. The van der Waals surface area contributed by atoms with Crippen LogP contribution in [-0.4, -0.2) is 6.04 Å². The molecule has 0 aliphatic heterocycles. The van der Waals surface area contributed by atoms with Crippen molar-refractivity contribution < 1.29 is 0 Å². The molecule has 0 saturated carbocycles. The van der Waals surface area contributed by atoms with Crippen molar-refractivity contribution >= 4 is 11.6 Å². The lowest BCUT2D eigenvalue weighted by Crippen LogP contribution is -2.21. The molecule has 2 aromatic rings. The van der Waals surface area contributed by atoms with Crippen molar-refractivity contribution in [1.82, 2.24) is 5.32 Å². The van der Waals surface area contributed by atoms with Gasteiger partial charge in [-0.2, -0.15) is 0 Å². The van der Waals surface area contributed by atoms with E-state index in [2.05, 4.69) is 63.3 Å². The Balaban J connectivity index is 2.24. The first kappa shape index (κ1) is 15.1. The van der Waals surface area contributed by atoms with E-state index in [9.17, 15) is 0 Å². The minimum Gasteiger partial charge on any atom is -0.310 e. The van der Waals surface area contributed by atoms with Crippen LogP contribution in [0.25, 0.3) is 11.1 Å². The van der Waals surface area contributed by atoms with Crippen LogP contribution in [0.15, 0.2) is 36.4 Å². The van der Waals surface area contributed by atoms with E-state index in [-0.39, 0.29) is 0 Å². The standard InChI is InChI=1S/C18H22ClN/c1-12(2)20-11-15-5-7-16(8-6-15)17-9-13(3)14(4)10-18(17)19/h5-10,12,20H,11H2,1-4H3. The second kappa shape index (κ2) is 6.43. The molecular formula is C18H22ClN. The molecule has 0 atom stereocenters. The molecular weight excluding hydrogens is 266 g/mol. The average molecular weight is 288 g/mol. The van der Waals surface area contributed by atoms with E-state index in [1.54, 1.807) is 0 Å². The minimum absolute atomic E-state index is 0.504. The normalized spacial score (nSPS) is 11.1. The average Bonchev–Trinajstić information content (AvgIpc) is 2.41. The first-order valence-electron chi connectivity index (χ1n) is 7.07. The van der Waals surface area contributed by atoms with Gasteiger partial charge in [-0.25, -0.2) is 0 Å². The molecule has 0 spiro atoms. The lowest BCUT2D eigenvalue weighted by Gasteiger charge is -2.11. The summed E-state index contributed by atoms with van der Waals surface area (Å²) in [7, 11) is 0. The SMILES string of the molecule is Cc1cc(Cl)c(-c2ccc(CNC(C)C)cc2)cc1C. The summed E-state index contributed by atoms with van der Waals surface area (Å²) in [6, 6.07) is 13.3. The number of aryl methyl sites for hydroxylation is 2. The highest BCUT2D eigenvalue weighted by Crippen LogP contribution is 2.30. The van der Waals surface area contributed by atoms with Crippen LogP contribution in [0.4, 0.5) is 0 Å². The molecule has 1 nitrogen and oxygen atoms in total. The number of halogens is 1. The summed E-state index contributed by atoms with van der Waals surface area (Å²) in [5.74, 6) is 0. The van der Waals surface area contributed by atoms with Gasteiger partial charge in [0.1, 0.15) is 0 Å². The Morgan fingerprint density at radius 1 is 1.00 bits per heavy atom. The summed E-state index contributed by atoms with van der Waals surface area (Å²) in [5, 5.41) is 4.24. The van der Waals surface area contributed by atoms with E-state index >= 15 is 0 Å². The Labute approximate surface area is 127 Å². The summed E-state index contributed by atoms with van der Waals surface area (Å²) in [6.45, 7) is 9.42. The molecule has 0 heterocycles. The van der Waals surface area contributed by atoms with Crippen LogP contribution in [0.1, 0.15) is 30.5 Å². The zero-order valence-corrected chi connectivity index (χ0v) is 13.4. The van der Waals surface area contributed by atoms with Gasteiger partial charge in [0.15, 0.2) is 0 Å². The van der Waals surface area contributed by atoms with Gasteiger partial charge in [0, 0.05) is 23.2 Å². The molecule has 2 rings (SSSR count). The van der Waals surface area contributed by atoms with Gasteiger partial charge in [0.25, 0.3) is 0 Å². The second-order valence-electron chi connectivity index (χ2n) is 5.65. The molecule has 0 saturated heterocycles. The fraction of sp³-hybridized carbons (Fsp3) is 0.333. The van der Waals surface area contributed by atoms with E-state index in [0.717, 1.165) is 17.1 Å². The van der Waals surface area contributed by atoms with E-state index in [4.69, 9.17) is 11.6 Å². The Hall–Kier alpha value is -1.31. The van der Waals surface area contributed by atoms with Crippen molar-refractivity contribution in [3.8, 4) is 11.1 Å². The molecule has 2 heteroatoms. The van der Waals surface area contributed by atoms with Crippen LogP contribution in [-0.2, 0) is 6.54 Å². The third kappa shape index (κ3) is 3.62. The van der Waals surface area contributed by atoms with E-state index in [0.29, 0.717) is 6.04 Å². The first-order chi connectivity index (χ1) is 9.47. The molecule has 0 aromatic heterocycles. The number of hydrogen-bond donors (Lipinski definition) is 1. The largest absolute Gasteiger partial charge is 0.310 e. The Morgan fingerprint density at radius 2 is 1.60 bits per heavy atom. The fourth-order valence-electron chi connectivity index (χ4n) is 2.13. The lowest BCUT2D eigenvalue weighted by atomic mass is 9.99. The maximum atomic E-state index is 6.37. The quantitative estimate of drug-likeness (QED) is 0.823. The first-order valence-corrected chi connectivity index (χ1v) is 7.44. The number of hydrogen-bond acceptors (Lipinski definition) is 1. The lowest BCUT2D eigenvalue weighted by molar-refractivity contribution is 0.589. The van der Waals surface area contributed by atoms with Crippen molar-refractivity contribution in [2.75, 3.05) is 0 Å². The molecule has 0 radical (unpaired) electrons. The summed E-state index contributed by atoms with van der Waals surface area (Å²) in [4.78, 5) is 0. The van der Waals surface area contributed by atoms with Gasteiger partial charge in [-0.15, -0.1) is 0 Å². The fourth-order valence-corrected chi connectivity index (χ4v) is 2.45. The van der Waals surface area contributed by atoms with Crippen molar-refractivity contribution in [2.45, 2.75) is 40.3 Å². The number of benzene rings is 2. The van der Waals surface area contributed by atoms with Gasteiger partial charge in [-0.1, -0.05) is 49.7 Å². The third-order valence-electron chi connectivity index (χ3n) is 3.56. The minimum atomic E-state index is 0.504. The van der Waals surface area contributed by atoms with Gasteiger partial charge in [0.05, 0.1) is 0 Å². The molecule has 0 aliphatic rings. The summed E-state index contributed by atoms with van der Waals surface area (Å²) in [6.07, 6.45) is 0. The van der Waals surface area contributed by atoms with Crippen molar-refractivity contribution in [3.63, 3.8) is 0 Å². The molecule has 0 bridgehead atoms. The zero-order chi connectivity index (χ0) is 14.7. The van der Waals surface area contributed by atoms with Crippen LogP contribution in [0.2, 0.25) is 5.02 Å². The van der Waals surface area contributed by atoms with Crippen molar-refractivity contribution in [1.29, 1.82) is 0 Å². The van der Waals surface area contributed by atoms with Gasteiger partial charge < -0.3 is 5.32 Å². The van der Waals surface area contributed by atoms with E-state index < -0.39 is 0 Å². The van der Waals surface area contributed by atoms with Crippen LogP contribution in [0.5, 0.6) is 0 Å². The maximum absolute atomic E-state index is 6.37.